The highest BCUT2D eigenvalue weighted by Crippen LogP contribution is 2.17. The number of halogens is 2. The first-order chi connectivity index (χ1) is 12.1. The number of amides is 2. The fourth-order valence-electron chi connectivity index (χ4n) is 1.54. The minimum absolute atomic E-state index is 0.124. The fourth-order valence-corrected chi connectivity index (χ4v) is 3.14. The molecule has 2 N–H and O–H groups in total. The van der Waals surface area contributed by atoms with E-state index in [1.807, 2.05) is 0 Å². The van der Waals surface area contributed by atoms with Crippen LogP contribution < -0.4 is 10.6 Å². The molecule has 0 atom stereocenters. The first kappa shape index (κ1) is 19.9. The Morgan fingerprint density at radius 3 is 1.68 bits per heavy atom. The van der Waals surface area contributed by atoms with Gasteiger partial charge in [0.25, 0.3) is 0 Å². The van der Waals surface area contributed by atoms with Crippen LogP contribution in [0.1, 0.15) is 10.0 Å². The molecule has 9 nitrogen and oxygen atoms in total. The van der Waals surface area contributed by atoms with E-state index < -0.39 is 0 Å². The number of anilines is 2. The molecule has 2 rings (SSSR count). The first-order valence-corrected chi connectivity index (χ1v) is 9.75. The zero-order valence-electron chi connectivity index (χ0n) is 12.8. The minimum atomic E-state index is -0.320. The number of carbonyl (C=O) groups is 2. The summed E-state index contributed by atoms with van der Waals surface area (Å²) in [5.41, 5.74) is 0. The lowest BCUT2D eigenvalue weighted by Gasteiger charge is -2.00. The minimum Gasteiger partial charge on any atom is -0.381 e. The van der Waals surface area contributed by atoms with Gasteiger partial charge in [-0.15, -0.1) is 43.6 Å². The van der Waals surface area contributed by atoms with E-state index in [0.29, 0.717) is 36.3 Å². The maximum Gasteiger partial charge on any atom is 0.241 e. The van der Waals surface area contributed by atoms with E-state index in [0.717, 1.165) is 10.0 Å². The number of hydrogen-bond acceptors (Lipinski definition) is 9. The van der Waals surface area contributed by atoms with E-state index in [4.69, 9.17) is 27.9 Å². The van der Waals surface area contributed by atoms with Crippen molar-refractivity contribution in [3.8, 4) is 0 Å². The Morgan fingerprint density at radius 2 is 1.28 bits per heavy atom. The summed E-state index contributed by atoms with van der Waals surface area (Å²) < 4.78 is 5.53. The summed E-state index contributed by atoms with van der Waals surface area (Å²) in [5, 5.41) is 23.0. The van der Waals surface area contributed by atoms with Gasteiger partial charge < -0.3 is 4.74 Å². The predicted octanol–water partition coefficient (Wildman–Crippen LogP) is 1.55. The standard InChI is InChI=1S/C12H14Cl2N6O3S2/c13-5-7(21)15-11-19-17-9(24-11)1-3-23-4-2-10-18-20-12(25-10)16-8(22)6-14/h1-6H2,(H,15,19,21)(H,16,20,22). The highest BCUT2D eigenvalue weighted by Gasteiger charge is 2.09. The molecule has 13 heteroatoms. The Labute approximate surface area is 161 Å². The van der Waals surface area contributed by atoms with Crippen LogP contribution in [0.4, 0.5) is 10.3 Å². The zero-order valence-corrected chi connectivity index (χ0v) is 16.0. The first-order valence-electron chi connectivity index (χ1n) is 7.05. The van der Waals surface area contributed by atoms with Crippen molar-refractivity contribution < 1.29 is 14.3 Å². The topological polar surface area (TPSA) is 119 Å². The van der Waals surface area contributed by atoms with E-state index >= 15 is 0 Å². The SMILES string of the molecule is O=C(CCl)Nc1nnc(CCOCCc2nnc(NC(=O)CCl)s2)s1. The van der Waals surface area contributed by atoms with Crippen molar-refractivity contribution in [3.05, 3.63) is 10.0 Å². The lowest BCUT2D eigenvalue weighted by molar-refractivity contribution is -0.114. The van der Waals surface area contributed by atoms with Gasteiger partial charge in [-0.05, 0) is 0 Å². The molecule has 136 valence electrons. The van der Waals surface area contributed by atoms with Gasteiger partial charge in [-0.3, -0.25) is 20.2 Å². The van der Waals surface area contributed by atoms with Crippen LogP contribution >= 0.6 is 45.9 Å². The van der Waals surface area contributed by atoms with Crippen LogP contribution in [0.3, 0.4) is 0 Å². The molecular formula is C12H14Cl2N6O3S2. The third-order valence-electron chi connectivity index (χ3n) is 2.59. The molecule has 2 aromatic heterocycles. The van der Waals surface area contributed by atoms with Crippen molar-refractivity contribution in [2.24, 2.45) is 0 Å². The van der Waals surface area contributed by atoms with E-state index in [9.17, 15) is 9.59 Å². The molecule has 0 spiro atoms. The van der Waals surface area contributed by atoms with Crippen molar-refractivity contribution in [2.75, 3.05) is 35.6 Å². The van der Waals surface area contributed by atoms with Gasteiger partial charge in [0.15, 0.2) is 0 Å². The largest absolute Gasteiger partial charge is 0.381 e. The van der Waals surface area contributed by atoms with Gasteiger partial charge in [0.2, 0.25) is 22.1 Å². The summed E-state index contributed by atoms with van der Waals surface area (Å²) in [6.45, 7) is 0.930. The summed E-state index contributed by atoms with van der Waals surface area (Å²) in [6.07, 6.45) is 1.17. The Kier molecular flexibility index (Phi) is 8.41. The Balaban J connectivity index is 1.63. The Hall–Kier alpha value is -1.40. The highest BCUT2D eigenvalue weighted by molar-refractivity contribution is 7.15. The summed E-state index contributed by atoms with van der Waals surface area (Å²) in [6, 6.07) is 0. The van der Waals surface area contributed by atoms with Crippen molar-refractivity contribution in [1.29, 1.82) is 0 Å². The number of aromatic nitrogens is 4. The van der Waals surface area contributed by atoms with Gasteiger partial charge in [-0.25, -0.2) is 0 Å². The average Bonchev–Trinajstić information content (AvgIpc) is 3.24. The van der Waals surface area contributed by atoms with Crippen LogP contribution in [-0.2, 0) is 27.2 Å². The van der Waals surface area contributed by atoms with Crippen LogP contribution in [0, 0.1) is 0 Å². The van der Waals surface area contributed by atoms with Crippen LogP contribution in [0.5, 0.6) is 0 Å². The maximum absolute atomic E-state index is 11.1. The summed E-state index contributed by atoms with van der Waals surface area (Å²) in [5.74, 6) is -0.888. The van der Waals surface area contributed by atoms with E-state index in [1.165, 1.54) is 22.7 Å². The molecule has 25 heavy (non-hydrogen) atoms. The van der Waals surface area contributed by atoms with Gasteiger partial charge in [0, 0.05) is 12.8 Å². The fraction of sp³-hybridized carbons (Fsp3) is 0.500. The van der Waals surface area contributed by atoms with E-state index in [-0.39, 0.29) is 23.6 Å². The second-order valence-corrected chi connectivity index (χ2v) is 7.14. The van der Waals surface area contributed by atoms with Crippen LogP contribution in [-0.4, -0.2) is 57.2 Å². The predicted molar refractivity (Wildman–Crippen MR) is 96.7 cm³/mol. The normalized spacial score (nSPS) is 10.6. The van der Waals surface area contributed by atoms with E-state index in [1.54, 1.807) is 0 Å². The number of hydrogen-bond donors (Lipinski definition) is 2. The Morgan fingerprint density at radius 1 is 0.840 bits per heavy atom. The third kappa shape index (κ3) is 7.16. The van der Waals surface area contributed by atoms with Crippen molar-refractivity contribution in [2.45, 2.75) is 12.8 Å². The molecular weight excluding hydrogens is 411 g/mol. The molecule has 2 amide bonds. The molecule has 0 fully saturated rings. The molecule has 0 aromatic carbocycles. The van der Waals surface area contributed by atoms with Crippen molar-refractivity contribution in [1.82, 2.24) is 20.4 Å². The van der Waals surface area contributed by atoms with Crippen molar-refractivity contribution >= 4 is 68.0 Å². The molecule has 0 aliphatic heterocycles. The van der Waals surface area contributed by atoms with Gasteiger partial charge >= 0.3 is 0 Å². The highest BCUT2D eigenvalue weighted by atomic mass is 35.5. The molecule has 0 saturated heterocycles. The van der Waals surface area contributed by atoms with Gasteiger partial charge in [-0.1, -0.05) is 22.7 Å². The third-order valence-corrected chi connectivity index (χ3v) is 4.87. The zero-order chi connectivity index (χ0) is 18.1. The van der Waals surface area contributed by atoms with Crippen LogP contribution in [0.15, 0.2) is 0 Å². The second-order valence-electron chi connectivity index (χ2n) is 4.48. The monoisotopic (exact) mass is 424 g/mol. The number of carbonyl (C=O) groups excluding carboxylic acids is 2. The summed E-state index contributed by atoms with van der Waals surface area (Å²) in [4.78, 5) is 22.3. The second kappa shape index (κ2) is 10.6. The molecule has 0 aliphatic carbocycles. The number of alkyl halides is 2. The molecule has 2 aromatic rings. The molecule has 0 saturated carbocycles. The van der Waals surface area contributed by atoms with Gasteiger partial charge in [0.05, 0.1) is 13.2 Å². The smallest absolute Gasteiger partial charge is 0.241 e. The molecule has 0 bridgehead atoms. The Bertz CT molecular complexity index is 652. The van der Waals surface area contributed by atoms with Crippen LogP contribution in [0.25, 0.3) is 0 Å². The number of ether oxygens (including phenoxy) is 1. The molecule has 0 unspecified atom stereocenters. The lowest BCUT2D eigenvalue weighted by atomic mass is 10.4. The number of nitrogens with one attached hydrogen (secondary N) is 2. The molecule has 0 radical (unpaired) electrons. The van der Waals surface area contributed by atoms with Gasteiger partial charge in [-0.2, -0.15) is 0 Å². The summed E-state index contributed by atoms with van der Waals surface area (Å²) >= 11 is 13.4. The molecule has 0 aliphatic rings. The maximum atomic E-state index is 11.1. The van der Waals surface area contributed by atoms with Crippen LogP contribution in [0.2, 0.25) is 0 Å². The quantitative estimate of drug-likeness (QED) is 0.438. The number of nitrogens with zero attached hydrogens (tertiary/aromatic N) is 4. The van der Waals surface area contributed by atoms with Gasteiger partial charge in [0.1, 0.15) is 21.8 Å². The summed E-state index contributed by atoms with van der Waals surface area (Å²) in [7, 11) is 0. The number of rotatable bonds is 10. The molecule has 2 heterocycles. The average molecular weight is 425 g/mol. The lowest BCUT2D eigenvalue weighted by Crippen LogP contribution is -2.12. The van der Waals surface area contributed by atoms with E-state index in [2.05, 4.69) is 31.0 Å². The van der Waals surface area contributed by atoms with Crippen molar-refractivity contribution in [3.63, 3.8) is 0 Å².